The third-order valence-electron chi connectivity index (χ3n) is 3.26. The number of hydrogen-bond donors (Lipinski definition) is 2. The lowest BCUT2D eigenvalue weighted by atomic mass is 10.1. The highest BCUT2D eigenvalue weighted by atomic mass is 16.2. The van der Waals surface area contributed by atoms with Gasteiger partial charge in [0.1, 0.15) is 0 Å². The summed E-state index contributed by atoms with van der Waals surface area (Å²) in [5.74, 6) is -0.646. The van der Waals surface area contributed by atoms with Gasteiger partial charge in [-0.3, -0.25) is 15.0 Å². The molecule has 2 rings (SSSR count). The van der Waals surface area contributed by atoms with Crippen LogP contribution in [0.25, 0.3) is 0 Å². The molecular weight excluding hydrogens is 290 g/mol. The van der Waals surface area contributed by atoms with Gasteiger partial charge < -0.3 is 5.73 Å². The van der Waals surface area contributed by atoms with Crippen LogP contribution in [0.1, 0.15) is 41.5 Å². The molecule has 0 aliphatic heterocycles. The minimum Gasteiger partial charge on any atom is -0.399 e. The number of amides is 2. The number of carbonyl (C=O) groups is 2. The van der Waals surface area contributed by atoms with Crippen LogP contribution in [0, 0.1) is 0 Å². The molecule has 0 aliphatic carbocycles. The van der Waals surface area contributed by atoms with Crippen molar-refractivity contribution >= 4 is 17.5 Å². The fraction of sp³-hybridized carbons (Fsp3) is 0.222. The van der Waals surface area contributed by atoms with E-state index < -0.39 is 5.54 Å². The van der Waals surface area contributed by atoms with Crippen LogP contribution in [0.5, 0.6) is 0 Å². The fourth-order valence-electron chi connectivity index (χ4n) is 2.08. The second-order valence-corrected chi connectivity index (χ2v) is 6.24. The number of benzene rings is 2. The van der Waals surface area contributed by atoms with E-state index in [1.54, 1.807) is 48.5 Å². The van der Waals surface area contributed by atoms with Crippen LogP contribution in [0.3, 0.4) is 0 Å². The number of nitrogen functional groups attached to an aromatic ring is 1. The molecule has 0 bridgehead atoms. The minimum atomic E-state index is -0.580. The summed E-state index contributed by atoms with van der Waals surface area (Å²) in [4.78, 5) is 25.1. The van der Waals surface area contributed by atoms with Gasteiger partial charge in [-0.05, 0) is 51.1 Å². The highest BCUT2D eigenvalue weighted by molar-refractivity contribution is 5.99. The van der Waals surface area contributed by atoms with Crippen molar-refractivity contribution in [1.82, 2.24) is 10.4 Å². The molecule has 0 spiro atoms. The molecule has 2 aromatic rings. The summed E-state index contributed by atoms with van der Waals surface area (Å²) in [5.41, 5.74) is 9.22. The van der Waals surface area contributed by atoms with E-state index in [1.807, 2.05) is 26.8 Å². The maximum atomic E-state index is 12.7. The second kappa shape index (κ2) is 6.52. The zero-order valence-electron chi connectivity index (χ0n) is 13.5. The lowest BCUT2D eigenvalue weighted by Gasteiger charge is -2.35. The third-order valence-corrected chi connectivity index (χ3v) is 3.26. The van der Waals surface area contributed by atoms with Crippen LogP contribution in [0.15, 0.2) is 54.6 Å². The zero-order chi connectivity index (χ0) is 17.0. The number of nitrogens with zero attached hydrogens (tertiary/aromatic N) is 1. The molecule has 0 atom stereocenters. The molecule has 0 unspecified atom stereocenters. The molecule has 120 valence electrons. The predicted octanol–water partition coefficient (Wildman–Crippen LogP) is 2.85. The van der Waals surface area contributed by atoms with Gasteiger partial charge in [-0.25, -0.2) is 5.01 Å². The minimum absolute atomic E-state index is 0.268. The first-order valence-corrected chi connectivity index (χ1v) is 7.35. The van der Waals surface area contributed by atoms with Crippen LogP contribution >= 0.6 is 0 Å². The Labute approximate surface area is 136 Å². The van der Waals surface area contributed by atoms with E-state index in [9.17, 15) is 9.59 Å². The highest BCUT2D eigenvalue weighted by Gasteiger charge is 2.29. The summed E-state index contributed by atoms with van der Waals surface area (Å²) < 4.78 is 0. The molecule has 5 heteroatoms. The van der Waals surface area contributed by atoms with Gasteiger partial charge in [-0.15, -0.1) is 0 Å². The summed E-state index contributed by atoms with van der Waals surface area (Å²) in [6.07, 6.45) is 0. The Morgan fingerprint density at radius 3 is 2.13 bits per heavy atom. The standard InChI is InChI=1S/C18H21N3O2/c1-18(2,3)21(17(23)13-8-5-4-6-9-13)20-16(22)14-10-7-11-15(19)12-14/h4-12H,19H2,1-3H3,(H,20,22). The molecule has 0 aliphatic rings. The van der Waals surface area contributed by atoms with Crippen molar-refractivity contribution in [3.05, 3.63) is 65.7 Å². The van der Waals surface area contributed by atoms with E-state index in [-0.39, 0.29) is 11.8 Å². The Morgan fingerprint density at radius 2 is 1.57 bits per heavy atom. The maximum Gasteiger partial charge on any atom is 0.272 e. The topological polar surface area (TPSA) is 75.4 Å². The quantitative estimate of drug-likeness (QED) is 0.661. The average molecular weight is 311 g/mol. The Morgan fingerprint density at radius 1 is 0.957 bits per heavy atom. The molecular formula is C18H21N3O2. The van der Waals surface area contributed by atoms with Crippen molar-refractivity contribution < 1.29 is 9.59 Å². The largest absolute Gasteiger partial charge is 0.399 e. The van der Waals surface area contributed by atoms with Crippen molar-refractivity contribution in [2.24, 2.45) is 0 Å². The molecule has 5 nitrogen and oxygen atoms in total. The normalized spacial score (nSPS) is 10.9. The van der Waals surface area contributed by atoms with Crippen LogP contribution < -0.4 is 11.2 Å². The van der Waals surface area contributed by atoms with E-state index in [1.165, 1.54) is 5.01 Å². The van der Waals surface area contributed by atoms with Gasteiger partial charge in [-0.1, -0.05) is 24.3 Å². The molecule has 0 saturated heterocycles. The van der Waals surface area contributed by atoms with Crippen LogP contribution in [0.4, 0.5) is 5.69 Å². The number of anilines is 1. The van der Waals surface area contributed by atoms with E-state index in [0.717, 1.165) is 0 Å². The van der Waals surface area contributed by atoms with E-state index in [4.69, 9.17) is 5.73 Å². The van der Waals surface area contributed by atoms with E-state index >= 15 is 0 Å². The number of hydrazine groups is 1. The van der Waals surface area contributed by atoms with Gasteiger partial charge in [0.15, 0.2) is 0 Å². The summed E-state index contributed by atoms with van der Waals surface area (Å²) in [5, 5.41) is 1.34. The van der Waals surface area contributed by atoms with Crippen molar-refractivity contribution in [2.45, 2.75) is 26.3 Å². The number of carbonyl (C=O) groups excluding carboxylic acids is 2. The molecule has 2 aromatic carbocycles. The summed E-state index contributed by atoms with van der Waals surface area (Å²) >= 11 is 0. The van der Waals surface area contributed by atoms with Gasteiger partial charge in [-0.2, -0.15) is 0 Å². The Kier molecular flexibility index (Phi) is 4.69. The van der Waals surface area contributed by atoms with Crippen LogP contribution in [0.2, 0.25) is 0 Å². The maximum absolute atomic E-state index is 12.7. The Bertz CT molecular complexity index is 706. The van der Waals surface area contributed by atoms with Crippen molar-refractivity contribution in [3.63, 3.8) is 0 Å². The smallest absolute Gasteiger partial charge is 0.272 e. The Balaban J connectivity index is 2.27. The number of rotatable bonds is 2. The van der Waals surface area contributed by atoms with Gasteiger partial charge >= 0.3 is 0 Å². The molecule has 0 fully saturated rings. The first kappa shape index (κ1) is 16.5. The molecule has 2 amide bonds. The van der Waals surface area contributed by atoms with E-state index in [0.29, 0.717) is 16.8 Å². The van der Waals surface area contributed by atoms with Crippen LogP contribution in [-0.2, 0) is 0 Å². The van der Waals surface area contributed by atoms with Crippen molar-refractivity contribution in [1.29, 1.82) is 0 Å². The van der Waals surface area contributed by atoms with Gasteiger partial charge in [0.2, 0.25) is 0 Å². The Hall–Kier alpha value is -2.82. The highest BCUT2D eigenvalue weighted by Crippen LogP contribution is 2.16. The lowest BCUT2D eigenvalue weighted by molar-refractivity contribution is 0.0358. The first-order valence-electron chi connectivity index (χ1n) is 7.35. The summed E-state index contributed by atoms with van der Waals surface area (Å²) in [7, 11) is 0. The SMILES string of the molecule is CC(C)(C)N(NC(=O)c1cccc(N)c1)C(=O)c1ccccc1. The number of nitrogens with two attached hydrogens (primary N) is 1. The van der Waals surface area contributed by atoms with Gasteiger partial charge in [0.05, 0.1) is 5.54 Å². The lowest BCUT2D eigenvalue weighted by Crippen LogP contribution is -2.55. The summed E-state index contributed by atoms with van der Waals surface area (Å²) in [6, 6.07) is 15.5. The number of hydrogen-bond acceptors (Lipinski definition) is 3. The first-order chi connectivity index (χ1) is 10.8. The molecule has 0 radical (unpaired) electrons. The van der Waals surface area contributed by atoms with Gasteiger partial charge in [0, 0.05) is 16.8 Å². The second-order valence-electron chi connectivity index (χ2n) is 6.24. The van der Waals surface area contributed by atoms with Crippen molar-refractivity contribution in [3.8, 4) is 0 Å². The molecule has 0 aromatic heterocycles. The monoisotopic (exact) mass is 311 g/mol. The molecule has 0 heterocycles. The van der Waals surface area contributed by atoms with Crippen LogP contribution in [-0.4, -0.2) is 22.4 Å². The van der Waals surface area contributed by atoms with Gasteiger partial charge in [0.25, 0.3) is 11.8 Å². The number of nitrogens with one attached hydrogen (secondary N) is 1. The fourth-order valence-corrected chi connectivity index (χ4v) is 2.08. The molecule has 0 saturated carbocycles. The predicted molar refractivity (Wildman–Crippen MR) is 90.7 cm³/mol. The third kappa shape index (κ3) is 4.10. The zero-order valence-corrected chi connectivity index (χ0v) is 13.5. The van der Waals surface area contributed by atoms with Crippen molar-refractivity contribution in [2.75, 3.05) is 5.73 Å². The summed E-state index contributed by atoms with van der Waals surface area (Å²) in [6.45, 7) is 5.56. The van der Waals surface area contributed by atoms with E-state index in [2.05, 4.69) is 5.43 Å². The molecule has 3 N–H and O–H groups in total. The molecule has 23 heavy (non-hydrogen) atoms. The average Bonchev–Trinajstić information content (AvgIpc) is 2.51.